The highest BCUT2D eigenvalue weighted by molar-refractivity contribution is 5.85. The van der Waals surface area contributed by atoms with Crippen LogP contribution in [0.15, 0.2) is 47.1 Å². The minimum atomic E-state index is 0. The Morgan fingerprint density at radius 3 is 2.46 bits per heavy atom. The molecule has 35 heavy (non-hydrogen) atoms. The van der Waals surface area contributed by atoms with Crippen molar-refractivity contribution >= 4 is 36.0 Å². The van der Waals surface area contributed by atoms with Gasteiger partial charge in [0.2, 0.25) is 0 Å². The number of hydrogen-bond donors (Lipinski definition) is 0. The van der Waals surface area contributed by atoms with Gasteiger partial charge < -0.3 is 13.8 Å². The maximum Gasteiger partial charge on any atom is 0.160 e. The van der Waals surface area contributed by atoms with E-state index in [1.807, 2.05) is 20.0 Å². The lowest BCUT2D eigenvalue weighted by Gasteiger charge is -2.27. The fourth-order valence-corrected chi connectivity index (χ4v) is 4.78. The molecular formula is C26H33Cl2N5O2. The molecular weight excluding hydrogens is 485 g/mol. The van der Waals surface area contributed by atoms with Crippen LogP contribution in [0.1, 0.15) is 35.7 Å². The first-order chi connectivity index (χ1) is 16.1. The highest BCUT2D eigenvalue weighted by atomic mass is 35.5. The van der Waals surface area contributed by atoms with Crippen LogP contribution in [0.4, 0.5) is 0 Å². The molecule has 0 saturated carbocycles. The molecule has 7 nitrogen and oxygen atoms in total. The molecule has 0 bridgehead atoms. The van der Waals surface area contributed by atoms with Gasteiger partial charge in [-0.1, -0.05) is 42.4 Å². The fourth-order valence-electron chi connectivity index (χ4n) is 4.78. The van der Waals surface area contributed by atoms with Crippen molar-refractivity contribution in [1.29, 1.82) is 0 Å². The summed E-state index contributed by atoms with van der Waals surface area (Å²) in [7, 11) is 0. The molecule has 1 aliphatic rings. The van der Waals surface area contributed by atoms with Crippen molar-refractivity contribution in [2.75, 3.05) is 32.8 Å². The topological polar surface area (TPSA) is 69.2 Å². The van der Waals surface area contributed by atoms with Crippen LogP contribution in [0.3, 0.4) is 0 Å². The van der Waals surface area contributed by atoms with E-state index in [0.717, 1.165) is 85.4 Å². The summed E-state index contributed by atoms with van der Waals surface area (Å²) in [5.74, 6) is 2.16. The number of ether oxygens (including phenoxy) is 1. The van der Waals surface area contributed by atoms with Crippen molar-refractivity contribution in [3.8, 4) is 11.1 Å². The molecule has 0 spiro atoms. The van der Waals surface area contributed by atoms with Gasteiger partial charge in [0.25, 0.3) is 0 Å². The quantitative estimate of drug-likeness (QED) is 0.334. The van der Waals surface area contributed by atoms with Crippen LogP contribution < -0.4 is 0 Å². The Bertz CT molecular complexity index is 1220. The first kappa shape index (κ1) is 27.1. The number of pyridine rings is 1. The molecule has 0 N–H and O–H groups in total. The molecule has 1 aromatic carbocycles. The van der Waals surface area contributed by atoms with Crippen LogP contribution in [0.5, 0.6) is 0 Å². The van der Waals surface area contributed by atoms with Crippen molar-refractivity contribution < 1.29 is 9.26 Å². The predicted molar refractivity (Wildman–Crippen MR) is 143 cm³/mol. The number of fused-ring (bicyclic) bond motifs is 1. The monoisotopic (exact) mass is 517 g/mol. The molecule has 1 atom stereocenters. The minimum absolute atomic E-state index is 0. The number of rotatable bonds is 7. The molecule has 1 fully saturated rings. The molecule has 0 amide bonds. The summed E-state index contributed by atoms with van der Waals surface area (Å²) < 4.78 is 13.2. The lowest BCUT2D eigenvalue weighted by Crippen LogP contribution is -2.38. The Kier molecular flexibility index (Phi) is 9.30. The van der Waals surface area contributed by atoms with Crippen molar-refractivity contribution in [3.05, 3.63) is 65.4 Å². The van der Waals surface area contributed by atoms with E-state index < -0.39 is 0 Å². The molecule has 4 heterocycles. The Balaban J connectivity index is 0.00000171. The highest BCUT2D eigenvalue weighted by Gasteiger charge is 2.21. The number of morpholine rings is 1. The average Bonchev–Trinajstić information content (AvgIpc) is 3.37. The second-order valence-corrected chi connectivity index (χ2v) is 8.93. The van der Waals surface area contributed by atoms with Gasteiger partial charge in [0.05, 0.1) is 18.9 Å². The van der Waals surface area contributed by atoms with Crippen molar-refractivity contribution in [3.63, 3.8) is 0 Å². The number of hydrogen-bond acceptors (Lipinski definition) is 6. The number of benzene rings is 1. The SMILES string of the molecule is Cc1noc(C)c1-c1cnc2c(c1)nc(C(C)Cc1ccccc1)n2CCN1CCOCC1.Cl.Cl. The molecule has 1 aliphatic heterocycles. The number of aryl methyl sites for hydroxylation is 2. The zero-order chi connectivity index (χ0) is 22.8. The minimum Gasteiger partial charge on any atom is -0.379 e. The molecule has 3 aromatic heterocycles. The Labute approximate surface area is 218 Å². The Hall–Kier alpha value is -2.45. The molecule has 4 aromatic rings. The van der Waals surface area contributed by atoms with Crippen LogP contribution in [0.2, 0.25) is 0 Å². The van der Waals surface area contributed by atoms with E-state index in [-0.39, 0.29) is 30.7 Å². The maximum atomic E-state index is 5.52. The smallest absolute Gasteiger partial charge is 0.160 e. The van der Waals surface area contributed by atoms with E-state index in [2.05, 4.69) is 57.9 Å². The molecule has 1 unspecified atom stereocenters. The van der Waals surface area contributed by atoms with Gasteiger partial charge in [-0.3, -0.25) is 4.90 Å². The van der Waals surface area contributed by atoms with Crippen LogP contribution in [0, 0.1) is 13.8 Å². The highest BCUT2D eigenvalue weighted by Crippen LogP contribution is 2.30. The summed E-state index contributed by atoms with van der Waals surface area (Å²) in [6, 6.07) is 12.8. The van der Waals surface area contributed by atoms with E-state index in [9.17, 15) is 0 Å². The van der Waals surface area contributed by atoms with Crippen molar-refractivity contribution in [2.45, 2.75) is 39.7 Å². The number of aromatic nitrogens is 4. The zero-order valence-corrected chi connectivity index (χ0v) is 22.1. The fraction of sp³-hybridized carbons (Fsp3) is 0.423. The Morgan fingerprint density at radius 1 is 1.03 bits per heavy atom. The lowest BCUT2D eigenvalue weighted by molar-refractivity contribution is 0.0364. The van der Waals surface area contributed by atoms with E-state index in [0.29, 0.717) is 0 Å². The first-order valence-electron chi connectivity index (χ1n) is 11.7. The second-order valence-electron chi connectivity index (χ2n) is 8.93. The van der Waals surface area contributed by atoms with Crippen molar-refractivity contribution in [2.24, 2.45) is 0 Å². The third-order valence-corrected chi connectivity index (χ3v) is 6.51. The van der Waals surface area contributed by atoms with Crippen LogP contribution in [-0.2, 0) is 17.7 Å². The van der Waals surface area contributed by atoms with Gasteiger partial charge in [-0.25, -0.2) is 9.97 Å². The Morgan fingerprint density at radius 2 is 1.77 bits per heavy atom. The standard InChI is InChI=1S/C26H31N5O2.2ClH/c1-18(15-21-7-5-4-6-8-21)25-28-23-16-22(24-19(2)29-33-20(24)3)17-27-26(23)31(25)10-9-30-11-13-32-14-12-30;;/h4-8,16-18H,9-15H2,1-3H3;2*1H. The molecule has 0 radical (unpaired) electrons. The van der Waals surface area contributed by atoms with Crippen LogP contribution in [0.25, 0.3) is 22.3 Å². The third kappa shape index (κ3) is 5.86. The molecule has 5 rings (SSSR count). The third-order valence-electron chi connectivity index (χ3n) is 6.51. The number of imidazole rings is 1. The van der Waals surface area contributed by atoms with Gasteiger partial charge in [0.1, 0.15) is 17.1 Å². The second kappa shape index (κ2) is 12.0. The van der Waals surface area contributed by atoms with E-state index in [1.165, 1.54) is 5.56 Å². The van der Waals surface area contributed by atoms with Gasteiger partial charge in [-0.15, -0.1) is 24.8 Å². The van der Waals surface area contributed by atoms with Gasteiger partial charge in [0.15, 0.2) is 5.65 Å². The summed E-state index contributed by atoms with van der Waals surface area (Å²) in [5.41, 5.74) is 6.06. The van der Waals surface area contributed by atoms with Crippen molar-refractivity contribution in [1.82, 2.24) is 24.6 Å². The number of nitrogens with zero attached hydrogens (tertiary/aromatic N) is 5. The van der Waals surface area contributed by atoms with Gasteiger partial charge in [-0.05, 0) is 31.9 Å². The van der Waals surface area contributed by atoms with E-state index in [1.54, 1.807) is 0 Å². The van der Waals surface area contributed by atoms with Gasteiger partial charge >= 0.3 is 0 Å². The van der Waals surface area contributed by atoms with Gasteiger partial charge in [0, 0.05) is 49.4 Å². The zero-order valence-electron chi connectivity index (χ0n) is 20.4. The summed E-state index contributed by atoms with van der Waals surface area (Å²) >= 11 is 0. The normalized spacial score (nSPS) is 14.9. The summed E-state index contributed by atoms with van der Waals surface area (Å²) in [6.07, 6.45) is 2.87. The largest absolute Gasteiger partial charge is 0.379 e. The van der Waals surface area contributed by atoms with E-state index >= 15 is 0 Å². The maximum absolute atomic E-state index is 5.52. The van der Waals surface area contributed by atoms with Crippen LogP contribution >= 0.6 is 24.8 Å². The molecule has 188 valence electrons. The average molecular weight is 518 g/mol. The van der Waals surface area contributed by atoms with Crippen LogP contribution in [-0.4, -0.2) is 57.4 Å². The summed E-state index contributed by atoms with van der Waals surface area (Å²) in [4.78, 5) is 12.4. The summed E-state index contributed by atoms with van der Waals surface area (Å²) in [5, 5.41) is 4.11. The number of halogens is 2. The molecule has 1 saturated heterocycles. The van der Waals surface area contributed by atoms with E-state index in [4.69, 9.17) is 19.2 Å². The molecule has 9 heteroatoms. The summed E-state index contributed by atoms with van der Waals surface area (Å²) in [6.45, 7) is 11.6. The first-order valence-corrected chi connectivity index (χ1v) is 11.7. The lowest BCUT2D eigenvalue weighted by atomic mass is 10.0. The molecule has 0 aliphatic carbocycles. The van der Waals surface area contributed by atoms with Gasteiger partial charge in [-0.2, -0.15) is 0 Å². The predicted octanol–water partition coefficient (Wildman–Crippen LogP) is 5.23.